The summed E-state index contributed by atoms with van der Waals surface area (Å²) < 4.78 is 4.98. The lowest BCUT2D eigenvalue weighted by Gasteiger charge is -2.32. The SMILES string of the molecule is COCCNC(=O)Nc1cccc(-c2c[nH]c3ncc(-c4ccc(CN5CCN(C)CC5)cc4)cc23)c1. The van der Waals surface area contributed by atoms with Gasteiger partial charge in [-0.15, -0.1) is 0 Å². The summed E-state index contributed by atoms with van der Waals surface area (Å²) in [5, 5.41) is 6.70. The maximum absolute atomic E-state index is 12.1. The standard InChI is InChI=1S/C29H34N6O2/c1-34-11-13-35(14-12-34)20-21-6-8-22(9-7-21)24-17-26-27(19-32-28(26)31-18-24)23-4-3-5-25(16-23)33-29(36)30-10-15-37-2/h3-9,16-19H,10-15,20H2,1-2H3,(H,31,32)(H2,30,33,36). The van der Waals surface area contributed by atoms with Gasteiger partial charge in [0.05, 0.1) is 6.61 Å². The number of aromatic nitrogens is 2. The Morgan fingerprint density at radius 2 is 1.84 bits per heavy atom. The van der Waals surface area contributed by atoms with Gasteiger partial charge < -0.3 is 25.3 Å². The first-order valence-corrected chi connectivity index (χ1v) is 12.7. The normalized spacial score (nSPS) is 14.6. The number of hydrogen-bond acceptors (Lipinski definition) is 5. The van der Waals surface area contributed by atoms with E-state index in [4.69, 9.17) is 4.74 Å². The highest BCUT2D eigenvalue weighted by Crippen LogP contribution is 2.32. The summed E-state index contributed by atoms with van der Waals surface area (Å²) in [5.74, 6) is 0. The molecule has 0 radical (unpaired) electrons. The maximum atomic E-state index is 12.1. The molecule has 3 N–H and O–H groups in total. The second-order valence-corrected chi connectivity index (χ2v) is 9.55. The molecule has 1 aliphatic heterocycles. The van der Waals surface area contributed by atoms with Crippen molar-refractivity contribution >= 4 is 22.8 Å². The quantitative estimate of drug-likeness (QED) is 0.313. The van der Waals surface area contributed by atoms with Gasteiger partial charge in [-0.2, -0.15) is 0 Å². The summed E-state index contributed by atoms with van der Waals surface area (Å²) in [5.41, 5.74) is 7.16. The van der Waals surface area contributed by atoms with Crippen LogP contribution in [-0.2, 0) is 11.3 Å². The van der Waals surface area contributed by atoms with Crippen molar-refractivity contribution in [2.75, 3.05) is 58.8 Å². The number of nitrogens with one attached hydrogen (secondary N) is 3. The van der Waals surface area contributed by atoms with Crippen molar-refractivity contribution in [3.05, 3.63) is 72.6 Å². The molecule has 0 spiro atoms. The number of H-pyrrole nitrogens is 1. The summed E-state index contributed by atoms with van der Waals surface area (Å²) in [6, 6.07) is 18.6. The van der Waals surface area contributed by atoms with Crippen molar-refractivity contribution in [1.82, 2.24) is 25.1 Å². The van der Waals surface area contributed by atoms with E-state index in [-0.39, 0.29) is 6.03 Å². The van der Waals surface area contributed by atoms with Crippen molar-refractivity contribution in [2.24, 2.45) is 0 Å². The Morgan fingerprint density at radius 3 is 2.62 bits per heavy atom. The third kappa shape index (κ3) is 6.17. The van der Waals surface area contributed by atoms with Gasteiger partial charge in [0.15, 0.2) is 0 Å². The third-order valence-corrected chi connectivity index (χ3v) is 6.84. The van der Waals surface area contributed by atoms with Crippen LogP contribution in [-0.4, -0.2) is 79.3 Å². The number of piperazine rings is 1. The lowest BCUT2D eigenvalue weighted by molar-refractivity contribution is 0.148. The molecule has 0 aliphatic carbocycles. The largest absolute Gasteiger partial charge is 0.383 e. The average molecular weight is 499 g/mol. The van der Waals surface area contributed by atoms with Crippen molar-refractivity contribution in [1.29, 1.82) is 0 Å². The predicted octanol–water partition coefficient (Wildman–Crippen LogP) is 4.41. The van der Waals surface area contributed by atoms with E-state index in [9.17, 15) is 4.79 Å². The summed E-state index contributed by atoms with van der Waals surface area (Å²) in [7, 11) is 3.79. The van der Waals surface area contributed by atoms with Crippen LogP contribution in [0, 0.1) is 0 Å². The van der Waals surface area contributed by atoms with Crippen LogP contribution >= 0.6 is 0 Å². The highest BCUT2D eigenvalue weighted by atomic mass is 16.5. The van der Waals surface area contributed by atoms with E-state index >= 15 is 0 Å². The van der Waals surface area contributed by atoms with Gasteiger partial charge in [-0.25, -0.2) is 9.78 Å². The van der Waals surface area contributed by atoms with Gasteiger partial charge in [0.1, 0.15) is 5.65 Å². The molecule has 8 nitrogen and oxygen atoms in total. The number of rotatable bonds is 8. The predicted molar refractivity (Wildman–Crippen MR) is 149 cm³/mol. The molecule has 5 rings (SSSR count). The number of hydrogen-bond donors (Lipinski definition) is 3. The first-order chi connectivity index (χ1) is 18.1. The van der Waals surface area contributed by atoms with Crippen LogP contribution in [0.15, 0.2) is 67.0 Å². The molecule has 0 unspecified atom stereocenters. The van der Waals surface area contributed by atoms with Crippen LogP contribution in [0.1, 0.15) is 5.56 Å². The molecule has 2 aromatic carbocycles. The van der Waals surface area contributed by atoms with Crippen molar-refractivity contribution in [3.63, 3.8) is 0 Å². The Balaban J connectivity index is 1.32. The number of carbonyl (C=O) groups is 1. The monoisotopic (exact) mass is 498 g/mol. The number of benzene rings is 2. The Labute approximate surface area is 217 Å². The number of carbonyl (C=O) groups excluding carboxylic acids is 1. The fraction of sp³-hybridized carbons (Fsp3) is 0.310. The Hall–Kier alpha value is -3.72. The summed E-state index contributed by atoms with van der Waals surface area (Å²) in [6.45, 7) is 6.40. The van der Waals surface area contributed by atoms with Gasteiger partial charge in [0, 0.05) is 81.0 Å². The second-order valence-electron chi connectivity index (χ2n) is 9.55. The van der Waals surface area contributed by atoms with E-state index in [0.29, 0.717) is 13.2 Å². The number of likely N-dealkylation sites (N-methyl/N-ethyl adjacent to an activating group) is 1. The fourth-order valence-electron chi connectivity index (χ4n) is 4.67. The first kappa shape index (κ1) is 25.0. The molecular formula is C29H34N6O2. The highest BCUT2D eigenvalue weighted by molar-refractivity contribution is 5.97. The van der Waals surface area contributed by atoms with Gasteiger partial charge in [-0.3, -0.25) is 4.90 Å². The molecule has 0 atom stereocenters. The summed E-state index contributed by atoms with van der Waals surface area (Å²) in [4.78, 5) is 25.0. The lowest BCUT2D eigenvalue weighted by atomic mass is 10.0. The Kier molecular flexibility index (Phi) is 7.79. The number of anilines is 1. The molecule has 2 amide bonds. The Morgan fingerprint density at radius 1 is 1.03 bits per heavy atom. The molecule has 4 aromatic rings. The second kappa shape index (κ2) is 11.6. The van der Waals surface area contributed by atoms with Crippen LogP contribution in [0.2, 0.25) is 0 Å². The van der Waals surface area contributed by atoms with E-state index in [0.717, 1.165) is 71.7 Å². The molecule has 1 fully saturated rings. The number of ether oxygens (including phenoxy) is 1. The van der Waals surface area contributed by atoms with E-state index < -0.39 is 0 Å². The molecule has 8 heteroatoms. The smallest absolute Gasteiger partial charge is 0.319 e. The van der Waals surface area contributed by atoms with Gasteiger partial charge >= 0.3 is 6.03 Å². The molecule has 2 aromatic heterocycles. The van der Waals surface area contributed by atoms with Gasteiger partial charge in [-0.05, 0) is 41.9 Å². The van der Waals surface area contributed by atoms with Crippen molar-refractivity contribution in [2.45, 2.75) is 6.54 Å². The number of amides is 2. The highest BCUT2D eigenvalue weighted by Gasteiger charge is 2.14. The number of pyridine rings is 1. The number of fused-ring (bicyclic) bond motifs is 1. The van der Waals surface area contributed by atoms with Gasteiger partial charge in [0.25, 0.3) is 0 Å². The van der Waals surface area contributed by atoms with Crippen LogP contribution in [0.25, 0.3) is 33.3 Å². The van der Waals surface area contributed by atoms with Crippen LogP contribution in [0.3, 0.4) is 0 Å². The molecule has 0 saturated carbocycles. The number of urea groups is 1. The topological polar surface area (TPSA) is 85.5 Å². The lowest BCUT2D eigenvalue weighted by Crippen LogP contribution is -2.43. The van der Waals surface area contributed by atoms with Crippen LogP contribution < -0.4 is 10.6 Å². The minimum absolute atomic E-state index is 0.256. The third-order valence-electron chi connectivity index (χ3n) is 6.84. The van der Waals surface area contributed by atoms with E-state index in [2.05, 4.69) is 67.8 Å². The minimum atomic E-state index is -0.256. The van der Waals surface area contributed by atoms with Gasteiger partial charge in [-0.1, -0.05) is 36.4 Å². The first-order valence-electron chi connectivity index (χ1n) is 12.7. The maximum Gasteiger partial charge on any atom is 0.319 e. The zero-order valence-electron chi connectivity index (χ0n) is 21.5. The molecule has 3 heterocycles. The molecule has 1 aliphatic rings. The number of methoxy groups -OCH3 is 1. The van der Waals surface area contributed by atoms with E-state index in [1.165, 1.54) is 5.56 Å². The summed E-state index contributed by atoms with van der Waals surface area (Å²) >= 11 is 0. The zero-order valence-corrected chi connectivity index (χ0v) is 21.5. The van der Waals surface area contributed by atoms with Crippen LogP contribution in [0.4, 0.5) is 10.5 Å². The molecule has 1 saturated heterocycles. The summed E-state index contributed by atoms with van der Waals surface area (Å²) in [6.07, 6.45) is 3.89. The van der Waals surface area contributed by atoms with Gasteiger partial charge in [0.2, 0.25) is 0 Å². The molecular weight excluding hydrogens is 464 g/mol. The number of aromatic amines is 1. The molecule has 37 heavy (non-hydrogen) atoms. The van der Waals surface area contributed by atoms with Crippen molar-refractivity contribution < 1.29 is 9.53 Å². The zero-order chi connectivity index (χ0) is 25.6. The number of nitrogens with zero attached hydrogens (tertiary/aromatic N) is 3. The average Bonchev–Trinajstić information content (AvgIpc) is 3.34. The van der Waals surface area contributed by atoms with E-state index in [1.807, 2.05) is 36.7 Å². The Bertz CT molecular complexity index is 1340. The van der Waals surface area contributed by atoms with Crippen LogP contribution in [0.5, 0.6) is 0 Å². The van der Waals surface area contributed by atoms with E-state index in [1.54, 1.807) is 7.11 Å². The molecule has 0 bridgehead atoms. The fourth-order valence-corrected chi connectivity index (χ4v) is 4.67. The van der Waals surface area contributed by atoms with Crippen molar-refractivity contribution in [3.8, 4) is 22.3 Å². The minimum Gasteiger partial charge on any atom is -0.383 e. The molecule has 192 valence electrons.